The molecule has 0 atom stereocenters. The number of ether oxygens (including phenoxy) is 1. The first-order chi connectivity index (χ1) is 7.38. The van der Waals surface area contributed by atoms with Crippen LogP contribution in [0, 0.1) is 0 Å². The van der Waals surface area contributed by atoms with Gasteiger partial charge in [0.25, 0.3) is 0 Å². The Labute approximate surface area is 90.0 Å². The van der Waals surface area contributed by atoms with E-state index >= 15 is 0 Å². The molecule has 4 nitrogen and oxygen atoms in total. The Morgan fingerprint density at radius 3 is 2.73 bits per heavy atom. The second-order valence-corrected chi connectivity index (χ2v) is 3.75. The van der Waals surface area contributed by atoms with Gasteiger partial charge in [0.05, 0.1) is 18.9 Å². The third-order valence-electron chi connectivity index (χ3n) is 2.61. The van der Waals surface area contributed by atoms with Crippen molar-refractivity contribution in [2.75, 3.05) is 26.3 Å². The first-order valence-corrected chi connectivity index (χ1v) is 5.32. The third kappa shape index (κ3) is 2.99. The van der Waals surface area contributed by atoms with Gasteiger partial charge in [-0.2, -0.15) is 0 Å². The summed E-state index contributed by atoms with van der Waals surface area (Å²) in [6, 6.07) is 4.10. The lowest BCUT2D eigenvalue weighted by Gasteiger charge is -2.26. The highest BCUT2D eigenvalue weighted by Crippen LogP contribution is 2.05. The van der Waals surface area contributed by atoms with Crippen LogP contribution in [0.5, 0.6) is 0 Å². The predicted molar refractivity (Wildman–Crippen MR) is 58.2 cm³/mol. The maximum atomic E-state index is 5.52. The summed E-state index contributed by atoms with van der Waals surface area (Å²) in [5.41, 5.74) is 7.71. The van der Waals surface area contributed by atoms with Crippen molar-refractivity contribution < 1.29 is 4.74 Å². The number of morpholine rings is 1. The Kier molecular flexibility index (Phi) is 3.66. The molecule has 0 unspecified atom stereocenters. The van der Waals surface area contributed by atoms with Gasteiger partial charge in [-0.1, -0.05) is 6.07 Å². The first kappa shape index (κ1) is 10.5. The second-order valence-electron chi connectivity index (χ2n) is 3.75. The smallest absolute Gasteiger partial charge is 0.0594 e. The fourth-order valence-corrected chi connectivity index (χ4v) is 1.66. The standard InChI is InChI=1S/C11H17N3O/c12-7-10-1-2-11(13-8-10)9-14-3-5-15-6-4-14/h1-2,8H,3-7,9,12H2. The van der Waals surface area contributed by atoms with Crippen LogP contribution < -0.4 is 5.73 Å². The number of pyridine rings is 1. The van der Waals surface area contributed by atoms with E-state index in [0.717, 1.165) is 44.1 Å². The number of nitrogens with two attached hydrogens (primary N) is 1. The van der Waals surface area contributed by atoms with Crippen LogP contribution in [0.15, 0.2) is 18.3 Å². The molecular formula is C11H17N3O. The summed E-state index contributed by atoms with van der Waals surface area (Å²) in [4.78, 5) is 6.74. The van der Waals surface area contributed by atoms with Crippen molar-refractivity contribution in [1.82, 2.24) is 9.88 Å². The van der Waals surface area contributed by atoms with E-state index in [1.807, 2.05) is 12.3 Å². The van der Waals surface area contributed by atoms with Gasteiger partial charge < -0.3 is 10.5 Å². The molecule has 1 fully saturated rings. The third-order valence-corrected chi connectivity index (χ3v) is 2.61. The molecule has 0 radical (unpaired) electrons. The van der Waals surface area contributed by atoms with E-state index < -0.39 is 0 Å². The summed E-state index contributed by atoms with van der Waals surface area (Å²) in [5.74, 6) is 0. The van der Waals surface area contributed by atoms with Crippen molar-refractivity contribution in [3.05, 3.63) is 29.6 Å². The monoisotopic (exact) mass is 207 g/mol. The summed E-state index contributed by atoms with van der Waals surface area (Å²) >= 11 is 0. The molecule has 0 saturated carbocycles. The van der Waals surface area contributed by atoms with E-state index in [1.165, 1.54) is 0 Å². The van der Waals surface area contributed by atoms with Gasteiger partial charge in [-0.25, -0.2) is 0 Å². The number of hydrogen-bond acceptors (Lipinski definition) is 4. The number of hydrogen-bond donors (Lipinski definition) is 1. The summed E-state index contributed by atoms with van der Waals surface area (Å²) in [5, 5.41) is 0. The maximum absolute atomic E-state index is 5.52. The van der Waals surface area contributed by atoms with Crippen LogP contribution in [0.1, 0.15) is 11.3 Å². The topological polar surface area (TPSA) is 51.4 Å². The zero-order valence-electron chi connectivity index (χ0n) is 8.85. The summed E-state index contributed by atoms with van der Waals surface area (Å²) in [6.45, 7) is 5.14. The first-order valence-electron chi connectivity index (χ1n) is 5.32. The average molecular weight is 207 g/mol. The van der Waals surface area contributed by atoms with Crippen LogP contribution in [-0.4, -0.2) is 36.2 Å². The summed E-state index contributed by atoms with van der Waals surface area (Å²) in [7, 11) is 0. The van der Waals surface area contributed by atoms with E-state index in [0.29, 0.717) is 6.54 Å². The van der Waals surface area contributed by atoms with Crippen molar-refractivity contribution in [3.63, 3.8) is 0 Å². The fourth-order valence-electron chi connectivity index (χ4n) is 1.66. The minimum atomic E-state index is 0.560. The van der Waals surface area contributed by atoms with Crippen LogP contribution in [0.4, 0.5) is 0 Å². The van der Waals surface area contributed by atoms with E-state index in [-0.39, 0.29) is 0 Å². The highest BCUT2D eigenvalue weighted by molar-refractivity contribution is 5.13. The molecule has 4 heteroatoms. The van der Waals surface area contributed by atoms with Gasteiger partial charge in [-0.05, 0) is 11.6 Å². The summed E-state index contributed by atoms with van der Waals surface area (Å²) in [6.07, 6.45) is 1.86. The highest BCUT2D eigenvalue weighted by atomic mass is 16.5. The van der Waals surface area contributed by atoms with Crippen LogP contribution in [-0.2, 0) is 17.8 Å². The second kappa shape index (κ2) is 5.21. The quantitative estimate of drug-likeness (QED) is 0.778. The Bertz CT molecular complexity index is 293. The van der Waals surface area contributed by atoms with Crippen molar-refractivity contribution in [2.24, 2.45) is 5.73 Å². The molecular weight excluding hydrogens is 190 g/mol. The predicted octanol–water partition coefficient (Wildman–Crippen LogP) is 0.373. The molecule has 2 N–H and O–H groups in total. The van der Waals surface area contributed by atoms with Crippen LogP contribution in [0.3, 0.4) is 0 Å². The lowest BCUT2D eigenvalue weighted by molar-refractivity contribution is 0.0336. The van der Waals surface area contributed by atoms with Crippen molar-refractivity contribution in [1.29, 1.82) is 0 Å². The Morgan fingerprint density at radius 1 is 1.33 bits per heavy atom. The van der Waals surface area contributed by atoms with Gasteiger partial charge in [0.2, 0.25) is 0 Å². The lowest BCUT2D eigenvalue weighted by atomic mass is 10.2. The molecule has 2 heterocycles. The van der Waals surface area contributed by atoms with E-state index in [2.05, 4.69) is 16.0 Å². The molecule has 82 valence electrons. The molecule has 1 aromatic heterocycles. The molecule has 0 bridgehead atoms. The van der Waals surface area contributed by atoms with E-state index in [4.69, 9.17) is 10.5 Å². The molecule has 1 saturated heterocycles. The Morgan fingerprint density at radius 2 is 2.13 bits per heavy atom. The zero-order chi connectivity index (χ0) is 10.5. The van der Waals surface area contributed by atoms with Crippen molar-refractivity contribution >= 4 is 0 Å². The van der Waals surface area contributed by atoms with Gasteiger partial charge in [0.1, 0.15) is 0 Å². The Hall–Kier alpha value is -0.970. The van der Waals surface area contributed by atoms with Crippen LogP contribution >= 0.6 is 0 Å². The van der Waals surface area contributed by atoms with Crippen LogP contribution in [0.2, 0.25) is 0 Å². The highest BCUT2D eigenvalue weighted by Gasteiger charge is 2.10. The zero-order valence-corrected chi connectivity index (χ0v) is 8.85. The normalized spacial score (nSPS) is 17.9. The molecule has 1 aliphatic heterocycles. The minimum absolute atomic E-state index is 0.560. The van der Waals surface area contributed by atoms with Gasteiger partial charge in [0, 0.05) is 32.4 Å². The molecule has 0 aliphatic carbocycles. The minimum Gasteiger partial charge on any atom is -0.379 e. The average Bonchev–Trinajstić information content (AvgIpc) is 2.31. The molecule has 15 heavy (non-hydrogen) atoms. The van der Waals surface area contributed by atoms with E-state index in [9.17, 15) is 0 Å². The number of nitrogens with zero attached hydrogens (tertiary/aromatic N) is 2. The molecule has 0 amide bonds. The molecule has 2 rings (SSSR count). The fraction of sp³-hybridized carbons (Fsp3) is 0.545. The largest absolute Gasteiger partial charge is 0.379 e. The van der Waals surface area contributed by atoms with Gasteiger partial charge >= 0.3 is 0 Å². The SMILES string of the molecule is NCc1ccc(CN2CCOCC2)nc1. The number of rotatable bonds is 3. The van der Waals surface area contributed by atoms with Crippen LogP contribution in [0.25, 0.3) is 0 Å². The van der Waals surface area contributed by atoms with Crippen molar-refractivity contribution in [3.8, 4) is 0 Å². The Balaban J connectivity index is 1.91. The molecule has 0 spiro atoms. The summed E-state index contributed by atoms with van der Waals surface area (Å²) < 4.78 is 5.30. The number of aromatic nitrogens is 1. The van der Waals surface area contributed by atoms with E-state index in [1.54, 1.807) is 0 Å². The lowest BCUT2D eigenvalue weighted by Crippen LogP contribution is -2.35. The maximum Gasteiger partial charge on any atom is 0.0594 e. The molecule has 1 aliphatic rings. The van der Waals surface area contributed by atoms with Gasteiger partial charge in [0.15, 0.2) is 0 Å². The van der Waals surface area contributed by atoms with Crippen molar-refractivity contribution in [2.45, 2.75) is 13.1 Å². The molecule has 1 aromatic rings. The van der Waals surface area contributed by atoms with Gasteiger partial charge in [-0.3, -0.25) is 9.88 Å². The molecule has 0 aromatic carbocycles. The van der Waals surface area contributed by atoms with Gasteiger partial charge in [-0.15, -0.1) is 0 Å².